The molecule has 3 aromatic heterocycles. The number of imidazole rings is 1. The lowest BCUT2D eigenvalue weighted by molar-refractivity contribution is 0.141. The topological polar surface area (TPSA) is 139 Å². The van der Waals surface area contributed by atoms with Crippen LogP contribution < -0.4 is 0 Å². The third kappa shape index (κ3) is 3.01. The zero-order valence-electron chi connectivity index (χ0n) is 10.9. The van der Waals surface area contributed by atoms with Gasteiger partial charge in [-0.2, -0.15) is 0 Å². The number of aromatic amines is 1. The van der Waals surface area contributed by atoms with Gasteiger partial charge < -0.3 is 14.5 Å². The Morgan fingerprint density at radius 2 is 2.23 bits per heavy atom. The van der Waals surface area contributed by atoms with Gasteiger partial charge in [-0.05, 0) is 22.6 Å². The van der Waals surface area contributed by atoms with E-state index >= 15 is 0 Å². The third-order valence-corrected chi connectivity index (χ3v) is 3.66. The normalized spacial score (nSPS) is 12.1. The summed E-state index contributed by atoms with van der Waals surface area (Å²) in [4.78, 5) is 21.9. The lowest BCUT2D eigenvalue weighted by atomic mass is 10.3. The van der Waals surface area contributed by atoms with Crippen LogP contribution in [0.2, 0.25) is 5.02 Å². The predicted octanol–water partition coefficient (Wildman–Crippen LogP) is 0.820. The molecule has 0 atom stereocenters. The van der Waals surface area contributed by atoms with Gasteiger partial charge in [0.25, 0.3) is 0 Å². The second-order valence-electron chi connectivity index (χ2n) is 4.36. The second kappa shape index (κ2) is 5.75. The molecule has 0 aliphatic rings. The first-order valence-corrected chi connectivity index (χ1v) is 8.14. The Bertz CT molecular complexity index is 845. The Morgan fingerprint density at radius 3 is 2.91 bits per heavy atom. The van der Waals surface area contributed by atoms with E-state index in [0.717, 1.165) is 0 Å². The fraction of sp³-hybridized carbons (Fsp3) is 0.200. The van der Waals surface area contributed by atoms with Gasteiger partial charge in [0.05, 0.1) is 23.5 Å². The molecule has 0 fully saturated rings. The van der Waals surface area contributed by atoms with Gasteiger partial charge in [-0.15, -0.1) is 5.10 Å². The standard InChI is InChI=1S/C10H10ClN6O4P/c11-6-1-2-9-12-3-7(10-13-15-16-14-10)17(9)8(6)4-21-5-22(18,19)20/h1-3H,4-5H2,(H2,18,19,20)(H,13,14,15,16). The molecule has 12 heteroatoms. The van der Waals surface area contributed by atoms with E-state index in [-0.39, 0.29) is 6.61 Å². The van der Waals surface area contributed by atoms with Crippen molar-refractivity contribution in [3.63, 3.8) is 0 Å². The van der Waals surface area contributed by atoms with E-state index in [9.17, 15) is 4.57 Å². The first kappa shape index (κ1) is 15.1. The molecule has 3 rings (SSSR count). The summed E-state index contributed by atoms with van der Waals surface area (Å²) in [7, 11) is -4.25. The van der Waals surface area contributed by atoms with Crippen LogP contribution in [0.3, 0.4) is 0 Å². The Morgan fingerprint density at radius 1 is 1.41 bits per heavy atom. The average molecular weight is 345 g/mol. The number of nitrogens with one attached hydrogen (secondary N) is 1. The van der Waals surface area contributed by atoms with Gasteiger partial charge >= 0.3 is 7.60 Å². The molecule has 0 radical (unpaired) electrons. The number of aromatic nitrogens is 6. The number of rotatable bonds is 5. The molecular formula is C10H10ClN6O4P. The molecule has 0 spiro atoms. The Kier molecular flexibility index (Phi) is 3.94. The summed E-state index contributed by atoms with van der Waals surface area (Å²) in [6.45, 7) is -0.105. The molecule has 10 nitrogen and oxygen atoms in total. The van der Waals surface area contributed by atoms with Crippen molar-refractivity contribution in [1.29, 1.82) is 0 Å². The highest BCUT2D eigenvalue weighted by Crippen LogP contribution is 2.34. The predicted molar refractivity (Wildman–Crippen MR) is 75.1 cm³/mol. The first-order valence-electron chi connectivity index (χ1n) is 5.97. The number of hydrogen-bond acceptors (Lipinski definition) is 6. The van der Waals surface area contributed by atoms with Crippen LogP contribution in [0.1, 0.15) is 5.69 Å². The van der Waals surface area contributed by atoms with Crippen LogP contribution in [0.5, 0.6) is 0 Å². The second-order valence-corrected chi connectivity index (χ2v) is 6.35. The fourth-order valence-corrected chi connectivity index (χ4v) is 2.48. The molecule has 0 aromatic carbocycles. The number of H-pyrrole nitrogens is 1. The van der Waals surface area contributed by atoms with Crippen LogP contribution in [-0.2, 0) is 15.9 Å². The van der Waals surface area contributed by atoms with Gasteiger partial charge in [-0.1, -0.05) is 11.6 Å². The average Bonchev–Trinajstić information content (AvgIpc) is 3.08. The molecular weight excluding hydrogens is 335 g/mol. The zero-order chi connectivity index (χ0) is 15.7. The summed E-state index contributed by atoms with van der Waals surface area (Å²) in [5.74, 6) is 0.381. The lowest BCUT2D eigenvalue weighted by Gasteiger charge is -2.11. The van der Waals surface area contributed by atoms with E-state index in [1.807, 2.05) is 0 Å². The van der Waals surface area contributed by atoms with Crippen molar-refractivity contribution in [3.8, 4) is 11.5 Å². The molecule has 0 saturated heterocycles. The number of halogens is 1. The summed E-state index contributed by atoms with van der Waals surface area (Å²) < 4.78 is 17.6. The number of tetrazole rings is 1. The summed E-state index contributed by atoms with van der Waals surface area (Å²) in [5, 5.41) is 13.8. The monoisotopic (exact) mass is 344 g/mol. The maximum atomic E-state index is 10.9. The molecule has 0 aliphatic heterocycles. The van der Waals surface area contributed by atoms with Crippen LogP contribution in [0.4, 0.5) is 0 Å². The molecule has 3 N–H and O–H groups in total. The summed E-state index contributed by atoms with van der Waals surface area (Å²) >= 11 is 6.16. The highest BCUT2D eigenvalue weighted by molar-refractivity contribution is 7.51. The number of ether oxygens (including phenoxy) is 1. The fourth-order valence-electron chi connectivity index (χ4n) is 1.95. The maximum Gasteiger partial charge on any atom is 0.350 e. The van der Waals surface area contributed by atoms with Crippen molar-refractivity contribution in [2.75, 3.05) is 6.35 Å². The summed E-state index contributed by atoms with van der Waals surface area (Å²) in [6, 6.07) is 3.32. The molecule has 0 unspecified atom stereocenters. The van der Waals surface area contributed by atoms with Crippen molar-refractivity contribution < 1.29 is 19.1 Å². The molecule has 3 aromatic rings. The minimum absolute atomic E-state index is 0.105. The number of hydrogen-bond donors (Lipinski definition) is 3. The Labute approximate surface area is 128 Å². The third-order valence-electron chi connectivity index (χ3n) is 2.80. The molecule has 3 heterocycles. The Hall–Kier alpha value is -1.84. The van der Waals surface area contributed by atoms with Gasteiger partial charge in [0, 0.05) is 0 Å². The van der Waals surface area contributed by atoms with E-state index in [1.165, 1.54) is 0 Å². The van der Waals surface area contributed by atoms with E-state index in [0.29, 0.717) is 27.9 Å². The summed E-state index contributed by atoms with van der Waals surface area (Å²) in [5.41, 5.74) is 1.61. The van der Waals surface area contributed by atoms with Crippen molar-refractivity contribution in [3.05, 3.63) is 29.0 Å². The Balaban J connectivity index is 2.02. The highest BCUT2D eigenvalue weighted by atomic mass is 35.5. The van der Waals surface area contributed by atoms with Crippen molar-refractivity contribution in [1.82, 2.24) is 30.0 Å². The molecule has 116 valence electrons. The van der Waals surface area contributed by atoms with Crippen molar-refractivity contribution in [2.45, 2.75) is 6.61 Å². The van der Waals surface area contributed by atoms with Gasteiger partial charge in [-0.25, -0.2) is 10.1 Å². The van der Waals surface area contributed by atoms with E-state index in [1.54, 1.807) is 22.7 Å². The molecule has 0 saturated carbocycles. The van der Waals surface area contributed by atoms with Crippen LogP contribution in [-0.4, -0.2) is 46.1 Å². The minimum atomic E-state index is -4.25. The zero-order valence-corrected chi connectivity index (χ0v) is 12.6. The van der Waals surface area contributed by atoms with Gasteiger partial charge in [0.15, 0.2) is 5.82 Å². The smallest absolute Gasteiger partial charge is 0.350 e. The first-order chi connectivity index (χ1) is 10.5. The van der Waals surface area contributed by atoms with Crippen molar-refractivity contribution >= 4 is 24.8 Å². The quantitative estimate of drug-likeness (QED) is 0.578. The SMILES string of the molecule is O=P(O)(O)COCc1c(Cl)ccc2ncc(-c3nnn[nH]3)n12. The molecule has 0 aliphatic carbocycles. The van der Waals surface area contributed by atoms with Crippen LogP contribution >= 0.6 is 19.2 Å². The number of nitrogens with zero attached hydrogens (tertiary/aromatic N) is 5. The minimum Gasteiger partial charge on any atom is -0.363 e. The van der Waals surface area contributed by atoms with E-state index < -0.39 is 13.9 Å². The largest absolute Gasteiger partial charge is 0.363 e. The molecule has 0 amide bonds. The van der Waals surface area contributed by atoms with Crippen LogP contribution in [0.15, 0.2) is 18.3 Å². The van der Waals surface area contributed by atoms with Gasteiger partial charge in [0.1, 0.15) is 17.7 Å². The number of pyridine rings is 1. The summed E-state index contributed by atoms with van der Waals surface area (Å²) in [6.07, 6.45) is 0.855. The van der Waals surface area contributed by atoms with Crippen LogP contribution in [0.25, 0.3) is 17.2 Å². The molecule has 22 heavy (non-hydrogen) atoms. The van der Waals surface area contributed by atoms with Gasteiger partial charge in [-0.3, -0.25) is 8.97 Å². The van der Waals surface area contributed by atoms with Gasteiger partial charge in [0.2, 0.25) is 0 Å². The van der Waals surface area contributed by atoms with E-state index in [4.69, 9.17) is 26.1 Å². The van der Waals surface area contributed by atoms with Crippen molar-refractivity contribution in [2.24, 2.45) is 0 Å². The lowest BCUT2D eigenvalue weighted by Crippen LogP contribution is -2.04. The van der Waals surface area contributed by atoms with E-state index in [2.05, 4.69) is 25.6 Å². The maximum absolute atomic E-state index is 10.9. The highest BCUT2D eigenvalue weighted by Gasteiger charge is 2.17. The number of fused-ring (bicyclic) bond motifs is 1. The molecule has 0 bridgehead atoms. The van der Waals surface area contributed by atoms with Crippen LogP contribution in [0, 0.1) is 0 Å².